The fraction of sp³-hybridized carbons (Fsp3) is 0.500. The maximum Gasteiger partial charge on any atom is 0.407 e. The van der Waals surface area contributed by atoms with Crippen molar-refractivity contribution >= 4 is 12.0 Å². The van der Waals surface area contributed by atoms with Gasteiger partial charge in [0.15, 0.2) is 0 Å². The van der Waals surface area contributed by atoms with Crippen LogP contribution in [0.3, 0.4) is 0 Å². The maximum atomic E-state index is 13.0. The van der Waals surface area contributed by atoms with E-state index < -0.39 is 6.09 Å². The number of aliphatic hydroxyl groups excluding tert-OH is 1. The van der Waals surface area contributed by atoms with E-state index in [1.807, 2.05) is 44.2 Å². The largest absolute Gasteiger partial charge is 0.496 e. The Balaban J connectivity index is 1.64. The predicted octanol–water partition coefficient (Wildman–Crippen LogP) is 4.44. The van der Waals surface area contributed by atoms with Crippen LogP contribution in [-0.2, 0) is 10.2 Å². The van der Waals surface area contributed by atoms with Gasteiger partial charge in [0.25, 0.3) is 5.91 Å². The fourth-order valence-corrected chi connectivity index (χ4v) is 4.90. The summed E-state index contributed by atoms with van der Waals surface area (Å²) in [6, 6.07) is 17.1. The van der Waals surface area contributed by atoms with Gasteiger partial charge in [-0.1, -0.05) is 56.3 Å². The molecule has 0 spiro atoms. The van der Waals surface area contributed by atoms with E-state index in [0.29, 0.717) is 43.0 Å². The van der Waals surface area contributed by atoms with E-state index in [1.54, 1.807) is 19.2 Å². The molecule has 1 saturated carbocycles. The highest BCUT2D eigenvalue weighted by atomic mass is 16.6. The molecule has 2 amide bonds. The lowest BCUT2D eigenvalue weighted by atomic mass is 9.68. The molecule has 190 valence electrons. The van der Waals surface area contributed by atoms with Crippen LogP contribution in [0.15, 0.2) is 54.6 Å². The first kappa shape index (κ1) is 26.5. The molecule has 2 aromatic rings. The Morgan fingerprint density at radius 3 is 2.34 bits per heavy atom. The molecule has 0 bridgehead atoms. The molecule has 7 nitrogen and oxygen atoms in total. The number of alkyl carbamates (subject to hydrolysis) is 1. The Kier molecular flexibility index (Phi) is 9.55. The average molecular weight is 483 g/mol. The number of nitrogens with one attached hydrogen (secondary N) is 2. The van der Waals surface area contributed by atoms with Crippen molar-refractivity contribution in [2.75, 3.05) is 20.3 Å². The number of para-hydroxylation sites is 1. The second kappa shape index (κ2) is 12.6. The van der Waals surface area contributed by atoms with Gasteiger partial charge in [0.2, 0.25) is 0 Å². The Bertz CT molecular complexity index is 955. The van der Waals surface area contributed by atoms with E-state index in [1.165, 1.54) is 5.56 Å². The van der Waals surface area contributed by atoms with Crippen molar-refractivity contribution in [2.45, 2.75) is 63.5 Å². The number of benzene rings is 2. The van der Waals surface area contributed by atoms with Gasteiger partial charge in [0, 0.05) is 12.0 Å². The molecule has 0 unspecified atom stereocenters. The highest BCUT2D eigenvalue weighted by Gasteiger charge is 2.38. The molecule has 1 aliphatic carbocycles. The number of hydrogen-bond acceptors (Lipinski definition) is 5. The first-order chi connectivity index (χ1) is 16.9. The number of amides is 2. The lowest BCUT2D eigenvalue weighted by Gasteiger charge is -2.40. The number of ether oxygens (including phenoxy) is 2. The zero-order valence-corrected chi connectivity index (χ0v) is 21.0. The van der Waals surface area contributed by atoms with Gasteiger partial charge < -0.3 is 25.2 Å². The zero-order chi connectivity index (χ0) is 25.3. The van der Waals surface area contributed by atoms with E-state index in [0.717, 1.165) is 12.8 Å². The molecule has 1 atom stereocenters. The molecule has 0 aliphatic heterocycles. The van der Waals surface area contributed by atoms with Crippen molar-refractivity contribution in [3.05, 3.63) is 65.7 Å². The van der Waals surface area contributed by atoms with Crippen LogP contribution in [0.25, 0.3) is 0 Å². The summed E-state index contributed by atoms with van der Waals surface area (Å²) in [6.45, 7) is 4.47. The van der Waals surface area contributed by atoms with Gasteiger partial charge in [-0.3, -0.25) is 4.79 Å². The highest BCUT2D eigenvalue weighted by molar-refractivity contribution is 5.97. The topological polar surface area (TPSA) is 96.9 Å². The third kappa shape index (κ3) is 7.21. The normalized spacial score (nSPS) is 20.7. The van der Waals surface area contributed by atoms with E-state index in [9.17, 15) is 14.7 Å². The van der Waals surface area contributed by atoms with Crippen LogP contribution in [0.2, 0.25) is 0 Å². The molecular weight excluding hydrogens is 444 g/mol. The number of carbonyl (C=O) groups excluding carboxylic acids is 2. The molecule has 0 heterocycles. The molecule has 1 fully saturated rings. The minimum absolute atomic E-state index is 0.110. The van der Waals surface area contributed by atoms with Gasteiger partial charge in [-0.25, -0.2) is 4.79 Å². The van der Waals surface area contributed by atoms with Gasteiger partial charge in [-0.05, 0) is 55.7 Å². The van der Waals surface area contributed by atoms with E-state index in [-0.39, 0.29) is 30.1 Å². The minimum Gasteiger partial charge on any atom is -0.496 e. The molecule has 0 aromatic heterocycles. The van der Waals surface area contributed by atoms with Gasteiger partial charge in [0.1, 0.15) is 11.9 Å². The maximum absolute atomic E-state index is 13.0. The monoisotopic (exact) mass is 482 g/mol. The Hall–Kier alpha value is -3.06. The van der Waals surface area contributed by atoms with Crippen molar-refractivity contribution in [1.29, 1.82) is 0 Å². The molecule has 2 aromatic carbocycles. The summed E-state index contributed by atoms with van der Waals surface area (Å²) in [7, 11) is 1.56. The van der Waals surface area contributed by atoms with Crippen LogP contribution in [0.4, 0.5) is 4.79 Å². The van der Waals surface area contributed by atoms with Crippen LogP contribution >= 0.6 is 0 Å². The summed E-state index contributed by atoms with van der Waals surface area (Å²) in [5.41, 5.74) is 1.42. The Morgan fingerprint density at radius 2 is 1.71 bits per heavy atom. The summed E-state index contributed by atoms with van der Waals surface area (Å²) in [6.07, 6.45) is 2.95. The Morgan fingerprint density at radius 1 is 1.06 bits per heavy atom. The SMILES string of the molecule is COc1ccccc1C(=O)NCC1(c2ccccc2)CCC(OC(=O)N[C@@H](CO)CC(C)C)CC1. The lowest BCUT2D eigenvalue weighted by molar-refractivity contribution is 0.0520. The van der Waals surface area contributed by atoms with Gasteiger partial charge in [-0.15, -0.1) is 0 Å². The third-order valence-corrected chi connectivity index (χ3v) is 6.79. The number of aliphatic hydroxyl groups is 1. The van der Waals surface area contributed by atoms with Crippen LogP contribution in [0, 0.1) is 5.92 Å². The first-order valence-electron chi connectivity index (χ1n) is 12.4. The third-order valence-electron chi connectivity index (χ3n) is 6.79. The zero-order valence-electron chi connectivity index (χ0n) is 21.0. The van der Waals surface area contributed by atoms with Crippen molar-refractivity contribution in [3.8, 4) is 5.75 Å². The predicted molar refractivity (Wildman–Crippen MR) is 136 cm³/mol. The summed E-state index contributed by atoms with van der Waals surface area (Å²) in [4.78, 5) is 25.4. The van der Waals surface area contributed by atoms with Gasteiger partial charge >= 0.3 is 6.09 Å². The summed E-state index contributed by atoms with van der Waals surface area (Å²) >= 11 is 0. The molecule has 7 heteroatoms. The average Bonchev–Trinajstić information content (AvgIpc) is 2.88. The summed E-state index contributed by atoms with van der Waals surface area (Å²) < 4.78 is 11.0. The lowest BCUT2D eigenvalue weighted by Crippen LogP contribution is -2.46. The van der Waals surface area contributed by atoms with Crippen molar-refractivity contribution < 1.29 is 24.2 Å². The molecule has 35 heavy (non-hydrogen) atoms. The number of carbonyl (C=O) groups is 2. The number of methoxy groups -OCH3 is 1. The smallest absolute Gasteiger partial charge is 0.407 e. The number of rotatable bonds is 10. The standard InChI is InChI=1S/C28H38N2O5/c1-20(2)17-22(18-31)30-27(33)35-23-13-15-28(16-14-23,21-9-5-4-6-10-21)19-29-26(32)24-11-7-8-12-25(24)34-3/h4-12,20,22-23,31H,13-19H2,1-3H3,(H,29,32)(H,30,33)/t22-,23?,28?/m1/s1. The van der Waals surface area contributed by atoms with Crippen molar-refractivity contribution in [3.63, 3.8) is 0 Å². The molecule has 3 N–H and O–H groups in total. The van der Waals surface area contributed by atoms with E-state index >= 15 is 0 Å². The molecule has 1 aliphatic rings. The van der Waals surface area contributed by atoms with Crippen LogP contribution in [0.5, 0.6) is 5.75 Å². The highest BCUT2D eigenvalue weighted by Crippen LogP contribution is 2.40. The molecule has 3 rings (SSSR count). The van der Waals surface area contributed by atoms with Crippen LogP contribution < -0.4 is 15.4 Å². The quantitative estimate of drug-likeness (QED) is 0.465. The number of hydrogen-bond donors (Lipinski definition) is 3. The van der Waals surface area contributed by atoms with Crippen molar-refractivity contribution in [2.24, 2.45) is 5.92 Å². The summed E-state index contributed by atoms with van der Waals surface area (Å²) in [5.74, 6) is 0.732. The summed E-state index contributed by atoms with van der Waals surface area (Å²) in [5, 5.41) is 15.4. The minimum atomic E-state index is -0.480. The molecule has 0 saturated heterocycles. The molecule has 0 radical (unpaired) electrons. The van der Waals surface area contributed by atoms with Crippen molar-refractivity contribution in [1.82, 2.24) is 10.6 Å². The van der Waals surface area contributed by atoms with Crippen LogP contribution in [0.1, 0.15) is 61.9 Å². The first-order valence-corrected chi connectivity index (χ1v) is 12.4. The second-order valence-electron chi connectivity index (χ2n) is 9.79. The van der Waals surface area contributed by atoms with Gasteiger partial charge in [-0.2, -0.15) is 0 Å². The van der Waals surface area contributed by atoms with E-state index in [4.69, 9.17) is 9.47 Å². The molecular formula is C28H38N2O5. The van der Waals surface area contributed by atoms with E-state index in [2.05, 4.69) is 22.8 Å². The van der Waals surface area contributed by atoms with Crippen LogP contribution in [-0.4, -0.2) is 49.5 Å². The Labute approximate surface area is 208 Å². The second-order valence-corrected chi connectivity index (χ2v) is 9.79. The fourth-order valence-electron chi connectivity index (χ4n) is 4.90. The van der Waals surface area contributed by atoms with Gasteiger partial charge in [0.05, 0.1) is 25.3 Å².